The fourth-order valence-corrected chi connectivity index (χ4v) is 4.19. The number of hydrogen-bond acceptors (Lipinski definition) is 5. The van der Waals surface area contributed by atoms with Crippen LogP contribution in [0.25, 0.3) is 0 Å². The molecule has 3 atom stereocenters. The van der Waals surface area contributed by atoms with Gasteiger partial charge in [0, 0.05) is 13.2 Å². The molecule has 0 radical (unpaired) electrons. The van der Waals surface area contributed by atoms with Crippen LogP contribution in [0.15, 0.2) is 0 Å². The molecule has 0 aliphatic carbocycles. The number of aliphatic hydroxyl groups excluding tert-OH is 2. The summed E-state index contributed by atoms with van der Waals surface area (Å²) in [6.45, 7) is 12.7. The van der Waals surface area contributed by atoms with Gasteiger partial charge in [0.15, 0.2) is 0 Å². The van der Waals surface area contributed by atoms with E-state index in [1.165, 1.54) is 128 Å². The van der Waals surface area contributed by atoms with Crippen LogP contribution in [-0.2, 0) is 14.2 Å². The van der Waals surface area contributed by atoms with Crippen LogP contribution < -0.4 is 0 Å². The van der Waals surface area contributed by atoms with Crippen molar-refractivity contribution in [2.45, 2.75) is 181 Å². The molecular weight excluding hydrogens is 476 g/mol. The second-order valence-corrected chi connectivity index (χ2v) is 11.3. The molecule has 0 spiro atoms. The topological polar surface area (TPSA) is 68.2 Å². The molecule has 0 aliphatic heterocycles. The normalized spacial score (nSPS) is 13.7. The van der Waals surface area contributed by atoms with Crippen LogP contribution in [-0.4, -0.2) is 61.6 Å². The first-order valence-corrected chi connectivity index (χ1v) is 16.6. The molecule has 5 heteroatoms. The van der Waals surface area contributed by atoms with Gasteiger partial charge in [0.05, 0.1) is 38.1 Å². The Morgan fingerprint density at radius 1 is 0.474 bits per heavy atom. The lowest BCUT2D eigenvalue weighted by Crippen LogP contribution is -2.24. The first kappa shape index (κ1) is 39.9. The zero-order chi connectivity index (χ0) is 28.5. The molecule has 0 aliphatic rings. The van der Waals surface area contributed by atoms with Gasteiger partial charge in [-0.05, 0) is 33.6 Å². The molecule has 38 heavy (non-hydrogen) atoms. The Labute approximate surface area is 238 Å². The van der Waals surface area contributed by atoms with Crippen molar-refractivity contribution in [3.63, 3.8) is 0 Å². The highest BCUT2D eigenvalue weighted by atomic mass is 16.5. The highest BCUT2D eigenvalue weighted by Gasteiger charge is 2.07. The van der Waals surface area contributed by atoms with E-state index >= 15 is 0 Å². The van der Waals surface area contributed by atoms with Crippen LogP contribution in [0.1, 0.15) is 163 Å². The molecule has 0 aromatic heterocycles. The lowest BCUT2D eigenvalue weighted by Gasteiger charge is -2.16. The summed E-state index contributed by atoms with van der Waals surface area (Å²) in [5.41, 5.74) is 0. The molecule has 0 saturated heterocycles. The van der Waals surface area contributed by atoms with Gasteiger partial charge in [-0.1, -0.05) is 129 Å². The molecule has 0 saturated carbocycles. The van der Waals surface area contributed by atoms with Crippen LogP contribution in [0.3, 0.4) is 0 Å². The van der Waals surface area contributed by atoms with Gasteiger partial charge in [0.1, 0.15) is 0 Å². The van der Waals surface area contributed by atoms with E-state index in [2.05, 4.69) is 13.8 Å². The molecule has 0 aromatic rings. The highest BCUT2D eigenvalue weighted by Crippen LogP contribution is 2.12. The van der Waals surface area contributed by atoms with Crippen LogP contribution in [0.4, 0.5) is 0 Å². The lowest BCUT2D eigenvalue weighted by atomic mass is 10.1. The van der Waals surface area contributed by atoms with Gasteiger partial charge < -0.3 is 24.4 Å². The highest BCUT2D eigenvalue weighted by molar-refractivity contribution is 4.53. The predicted molar refractivity (Wildman–Crippen MR) is 164 cm³/mol. The Balaban J connectivity index is 0. The molecule has 0 aromatic carbocycles. The summed E-state index contributed by atoms with van der Waals surface area (Å²) in [6.07, 6.45) is 27.5. The largest absolute Gasteiger partial charge is 0.394 e. The van der Waals surface area contributed by atoms with Crippen LogP contribution in [0.5, 0.6) is 0 Å². The Hall–Kier alpha value is -0.200. The number of hydrogen-bond donors (Lipinski definition) is 2. The van der Waals surface area contributed by atoms with E-state index in [0.29, 0.717) is 13.2 Å². The maximum Gasteiger partial charge on any atom is 0.0781 e. The van der Waals surface area contributed by atoms with E-state index in [4.69, 9.17) is 24.4 Å². The van der Waals surface area contributed by atoms with Gasteiger partial charge in [-0.2, -0.15) is 0 Å². The van der Waals surface area contributed by atoms with Crippen molar-refractivity contribution in [2.75, 3.05) is 33.0 Å². The predicted octanol–water partition coefficient (Wildman–Crippen LogP) is 9.01. The zero-order valence-electron chi connectivity index (χ0n) is 26.5. The van der Waals surface area contributed by atoms with E-state index in [0.717, 1.165) is 13.2 Å². The molecule has 2 N–H and O–H groups in total. The van der Waals surface area contributed by atoms with Crippen LogP contribution in [0.2, 0.25) is 0 Å². The van der Waals surface area contributed by atoms with E-state index in [9.17, 15) is 0 Å². The fourth-order valence-electron chi connectivity index (χ4n) is 4.19. The maximum absolute atomic E-state index is 8.92. The van der Waals surface area contributed by atoms with Gasteiger partial charge >= 0.3 is 0 Å². The van der Waals surface area contributed by atoms with Gasteiger partial charge in [-0.25, -0.2) is 0 Å². The summed E-state index contributed by atoms with van der Waals surface area (Å²) < 4.78 is 16.2. The molecule has 0 bridgehead atoms. The van der Waals surface area contributed by atoms with Crippen molar-refractivity contribution in [2.24, 2.45) is 0 Å². The Kier molecular flexibility index (Phi) is 36.6. The minimum atomic E-state index is -0.447. The smallest absolute Gasteiger partial charge is 0.0781 e. The minimum Gasteiger partial charge on any atom is -0.394 e. The lowest BCUT2D eigenvalue weighted by molar-refractivity contribution is -0.0620. The zero-order valence-corrected chi connectivity index (χ0v) is 26.5. The molecule has 0 heterocycles. The molecule has 232 valence electrons. The number of unbranched alkanes of at least 4 members (excludes halogenated alkanes) is 18. The number of rotatable bonds is 29. The summed E-state index contributed by atoms with van der Waals surface area (Å²) in [5.74, 6) is 0. The second-order valence-electron chi connectivity index (χ2n) is 11.3. The summed E-state index contributed by atoms with van der Waals surface area (Å²) >= 11 is 0. The van der Waals surface area contributed by atoms with Crippen molar-refractivity contribution in [1.82, 2.24) is 0 Å². The van der Waals surface area contributed by atoms with Gasteiger partial charge in [0.2, 0.25) is 0 Å². The Morgan fingerprint density at radius 3 is 1.16 bits per heavy atom. The third kappa shape index (κ3) is 37.9. The summed E-state index contributed by atoms with van der Waals surface area (Å²) in [7, 11) is 0. The SMILES string of the molecule is CC(O)COC(C)COC(C)CO.CCCCCCCCCCCCOCCCCCCCCCCCC. The van der Waals surface area contributed by atoms with Gasteiger partial charge in [0.25, 0.3) is 0 Å². The summed E-state index contributed by atoms with van der Waals surface area (Å²) in [4.78, 5) is 0. The van der Waals surface area contributed by atoms with Crippen LogP contribution >= 0.6 is 0 Å². The average molecular weight is 547 g/mol. The van der Waals surface area contributed by atoms with E-state index in [1.807, 2.05) is 6.92 Å². The maximum atomic E-state index is 8.92. The molecule has 0 fully saturated rings. The van der Waals surface area contributed by atoms with Crippen molar-refractivity contribution >= 4 is 0 Å². The second kappa shape index (κ2) is 34.8. The summed E-state index contributed by atoms with van der Waals surface area (Å²) in [6, 6.07) is 0. The first-order chi connectivity index (χ1) is 18.5. The average Bonchev–Trinajstić information content (AvgIpc) is 2.91. The Bertz CT molecular complexity index is 383. The quantitative estimate of drug-likeness (QED) is 0.0916. The summed E-state index contributed by atoms with van der Waals surface area (Å²) in [5, 5.41) is 17.6. The molecule has 0 amide bonds. The van der Waals surface area contributed by atoms with E-state index < -0.39 is 6.10 Å². The van der Waals surface area contributed by atoms with Crippen LogP contribution in [0, 0.1) is 0 Å². The third-order valence-electron chi connectivity index (χ3n) is 6.78. The van der Waals surface area contributed by atoms with Crippen molar-refractivity contribution in [3.05, 3.63) is 0 Å². The number of ether oxygens (including phenoxy) is 3. The van der Waals surface area contributed by atoms with E-state index in [-0.39, 0.29) is 18.8 Å². The molecule has 5 nitrogen and oxygen atoms in total. The first-order valence-electron chi connectivity index (χ1n) is 16.6. The monoisotopic (exact) mass is 547 g/mol. The van der Waals surface area contributed by atoms with E-state index in [1.54, 1.807) is 13.8 Å². The number of aliphatic hydroxyl groups is 2. The molecule has 0 rings (SSSR count). The molecular formula is C33H70O5. The third-order valence-corrected chi connectivity index (χ3v) is 6.78. The fraction of sp³-hybridized carbons (Fsp3) is 1.00. The molecule has 3 unspecified atom stereocenters. The minimum absolute atomic E-state index is 0.0170. The van der Waals surface area contributed by atoms with Crippen molar-refractivity contribution in [1.29, 1.82) is 0 Å². The van der Waals surface area contributed by atoms with Gasteiger partial charge in [-0.15, -0.1) is 0 Å². The van der Waals surface area contributed by atoms with Crippen molar-refractivity contribution < 1.29 is 24.4 Å². The van der Waals surface area contributed by atoms with Crippen molar-refractivity contribution in [3.8, 4) is 0 Å². The van der Waals surface area contributed by atoms with Gasteiger partial charge in [-0.3, -0.25) is 0 Å². The standard InChI is InChI=1S/C24H50O.C9H20O4/c1-3-5-7-9-11-13-15-17-19-21-23-25-24-22-20-18-16-14-12-10-8-6-4-2;1-7(11)5-12-9(3)6-13-8(2)4-10/h3-24H2,1-2H3;7-11H,4-6H2,1-3H3. The Morgan fingerprint density at radius 2 is 0.816 bits per heavy atom.